The predicted molar refractivity (Wildman–Crippen MR) is 219 cm³/mol. The zero-order chi connectivity index (χ0) is 34.4. The highest BCUT2D eigenvalue weighted by atomic mass is 14.9. The van der Waals surface area contributed by atoms with Crippen LogP contribution in [0.5, 0.6) is 0 Å². The van der Waals surface area contributed by atoms with Gasteiger partial charge in [-0.15, -0.1) is 0 Å². The minimum atomic E-state index is -0.448. The van der Waals surface area contributed by atoms with Gasteiger partial charge in [0, 0.05) is 6.54 Å². The average molecular weight is 663 g/mol. The van der Waals surface area contributed by atoms with Crippen LogP contribution in [0.25, 0.3) is 65.7 Å². The van der Waals surface area contributed by atoms with Gasteiger partial charge in [-0.3, -0.25) is 0 Å². The molecule has 2 aliphatic rings. The highest BCUT2D eigenvalue weighted by Crippen LogP contribution is 2.65. The van der Waals surface area contributed by atoms with Crippen LogP contribution < -0.4 is 11.1 Å². The molecule has 0 heterocycles. The molecule has 0 fully saturated rings. The minimum absolute atomic E-state index is 0.448. The third-order valence-electron chi connectivity index (χ3n) is 11.6. The van der Waals surface area contributed by atoms with Crippen LogP contribution in [-0.2, 0) is 12.0 Å². The van der Waals surface area contributed by atoms with E-state index in [1.54, 1.807) is 0 Å². The van der Waals surface area contributed by atoms with Gasteiger partial charge in [0.15, 0.2) is 0 Å². The number of rotatable bonds is 4. The van der Waals surface area contributed by atoms with Crippen molar-refractivity contribution >= 4 is 43.7 Å². The molecule has 0 saturated carbocycles. The Bertz CT molecular complexity index is 2890. The summed E-state index contributed by atoms with van der Waals surface area (Å²) in [5, 5.41) is 11.3. The molecule has 2 nitrogen and oxygen atoms in total. The molecule has 0 radical (unpaired) electrons. The van der Waals surface area contributed by atoms with Crippen LogP contribution in [-0.4, -0.2) is 0 Å². The van der Waals surface area contributed by atoms with E-state index in [1.165, 1.54) is 93.5 Å². The van der Waals surface area contributed by atoms with Gasteiger partial charge in [0.05, 0.1) is 16.8 Å². The van der Waals surface area contributed by atoms with E-state index >= 15 is 0 Å². The first kappa shape index (κ1) is 29.1. The number of nitrogens with two attached hydrogens (primary N) is 1. The van der Waals surface area contributed by atoms with Crippen molar-refractivity contribution < 1.29 is 0 Å². The third kappa shape index (κ3) is 3.95. The smallest absolute Gasteiger partial charge is 0.0731 e. The molecule has 1 spiro atoms. The van der Waals surface area contributed by atoms with Crippen LogP contribution in [0.2, 0.25) is 0 Å². The molecule has 0 aliphatic heterocycles. The van der Waals surface area contributed by atoms with Crippen molar-refractivity contribution in [1.82, 2.24) is 0 Å². The maximum atomic E-state index is 6.21. The second-order valence-corrected chi connectivity index (χ2v) is 14.3. The summed E-state index contributed by atoms with van der Waals surface area (Å²) in [5.41, 5.74) is 22.0. The number of nitrogens with one attached hydrogen (secondary N) is 1. The van der Waals surface area contributed by atoms with Crippen LogP contribution in [0.1, 0.15) is 27.8 Å². The number of hydrogen-bond donors (Lipinski definition) is 2. The highest BCUT2D eigenvalue weighted by Gasteiger charge is 2.53. The summed E-state index contributed by atoms with van der Waals surface area (Å²) in [7, 11) is 0. The molecule has 2 heteroatoms. The third-order valence-corrected chi connectivity index (χ3v) is 11.6. The van der Waals surface area contributed by atoms with Crippen molar-refractivity contribution in [3.8, 4) is 33.4 Å². The van der Waals surface area contributed by atoms with Crippen molar-refractivity contribution in [2.75, 3.05) is 11.1 Å². The Morgan fingerprint density at radius 2 is 1.08 bits per heavy atom. The zero-order valence-electron chi connectivity index (χ0n) is 28.5. The summed E-state index contributed by atoms with van der Waals surface area (Å²) in [5.74, 6) is 0. The maximum Gasteiger partial charge on any atom is 0.0731 e. The molecule has 0 aromatic heterocycles. The molecular formula is C50H34N2. The van der Waals surface area contributed by atoms with Gasteiger partial charge in [-0.25, -0.2) is 0 Å². The molecule has 2 aliphatic carbocycles. The molecule has 0 saturated heterocycles. The second-order valence-electron chi connectivity index (χ2n) is 14.3. The van der Waals surface area contributed by atoms with Crippen LogP contribution in [0.3, 0.4) is 0 Å². The fourth-order valence-electron chi connectivity index (χ4n) is 9.45. The Balaban J connectivity index is 1.16. The number of anilines is 2. The molecule has 244 valence electrons. The first-order valence-corrected chi connectivity index (χ1v) is 18.1. The van der Waals surface area contributed by atoms with E-state index in [4.69, 9.17) is 5.73 Å². The van der Waals surface area contributed by atoms with Gasteiger partial charge < -0.3 is 11.1 Å². The largest absolute Gasteiger partial charge is 0.397 e. The van der Waals surface area contributed by atoms with Crippen molar-refractivity contribution in [3.63, 3.8) is 0 Å². The van der Waals surface area contributed by atoms with E-state index in [2.05, 4.69) is 157 Å². The van der Waals surface area contributed by atoms with E-state index in [-0.39, 0.29) is 0 Å². The lowest BCUT2D eigenvalue weighted by atomic mass is 9.69. The summed E-state index contributed by atoms with van der Waals surface area (Å²) >= 11 is 0. The Kier molecular flexibility index (Phi) is 6.12. The molecule has 3 N–H and O–H groups in total. The van der Waals surface area contributed by atoms with Crippen molar-refractivity contribution in [3.05, 3.63) is 204 Å². The lowest BCUT2D eigenvalue weighted by Gasteiger charge is -2.32. The molecule has 0 atom stereocenters. The van der Waals surface area contributed by atoms with E-state index < -0.39 is 5.41 Å². The van der Waals surface area contributed by atoms with Gasteiger partial charge in [-0.1, -0.05) is 140 Å². The van der Waals surface area contributed by atoms with E-state index in [9.17, 15) is 0 Å². The standard InChI is InChI=1S/C50H34N2/c51-46-22-9-10-23-47(46)52-30-31-12-11-13-32(26-31)33-24-25-34-28-42-45(29-35(34)27-33)50(43-20-7-5-16-38(43)39-17-6-8-21-44(39)50)49-41-19-4-2-15-37(41)36-14-1-3-18-40(36)48(42)49/h1-29,52H,30,51H2. The molecule has 0 unspecified atom stereocenters. The Labute approximate surface area is 302 Å². The van der Waals surface area contributed by atoms with Gasteiger partial charge in [0.2, 0.25) is 0 Å². The summed E-state index contributed by atoms with van der Waals surface area (Å²) in [4.78, 5) is 0. The molecule has 52 heavy (non-hydrogen) atoms. The number of fused-ring (bicyclic) bond motifs is 16. The van der Waals surface area contributed by atoms with Gasteiger partial charge >= 0.3 is 0 Å². The fourth-order valence-corrected chi connectivity index (χ4v) is 9.45. The molecule has 0 amide bonds. The van der Waals surface area contributed by atoms with E-state index in [1.807, 2.05) is 24.3 Å². The Morgan fingerprint density at radius 1 is 0.442 bits per heavy atom. The summed E-state index contributed by atoms with van der Waals surface area (Å²) in [6, 6.07) is 65.0. The average Bonchev–Trinajstić information content (AvgIpc) is 3.67. The first-order valence-electron chi connectivity index (χ1n) is 18.1. The lowest BCUT2D eigenvalue weighted by Crippen LogP contribution is -2.26. The highest BCUT2D eigenvalue weighted by molar-refractivity contribution is 6.20. The number of benzene rings is 9. The Morgan fingerprint density at radius 3 is 1.85 bits per heavy atom. The molecule has 0 bridgehead atoms. The quantitative estimate of drug-likeness (QED) is 0.145. The van der Waals surface area contributed by atoms with Crippen LogP contribution in [0, 0.1) is 0 Å². The monoisotopic (exact) mass is 662 g/mol. The van der Waals surface area contributed by atoms with Crippen LogP contribution in [0.15, 0.2) is 176 Å². The molecule has 9 aromatic carbocycles. The number of nitrogen functional groups attached to an aromatic ring is 1. The van der Waals surface area contributed by atoms with Crippen molar-refractivity contribution in [1.29, 1.82) is 0 Å². The van der Waals surface area contributed by atoms with E-state index in [0.717, 1.165) is 11.4 Å². The Hall–Kier alpha value is -6.64. The van der Waals surface area contributed by atoms with Crippen molar-refractivity contribution in [2.24, 2.45) is 0 Å². The first-order chi connectivity index (χ1) is 25.7. The van der Waals surface area contributed by atoms with Gasteiger partial charge in [-0.05, 0) is 130 Å². The maximum absolute atomic E-state index is 6.21. The van der Waals surface area contributed by atoms with Gasteiger partial charge in [0.25, 0.3) is 0 Å². The summed E-state index contributed by atoms with van der Waals surface area (Å²) < 4.78 is 0. The molecule has 9 aromatic rings. The van der Waals surface area contributed by atoms with Crippen LogP contribution >= 0.6 is 0 Å². The normalized spacial score (nSPS) is 13.3. The summed E-state index contributed by atoms with van der Waals surface area (Å²) in [6.45, 7) is 0.699. The lowest BCUT2D eigenvalue weighted by molar-refractivity contribution is 0.803. The van der Waals surface area contributed by atoms with Crippen LogP contribution in [0.4, 0.5) is 11.4 Å². The number of hydrogen-bond acceptors (Lipinski definition) is 2. The molecule has 11 rings (SSSR count). The second kappa shape index (κ2) is 10.9. The van der Waals surface area contributed by atoms with Gasteiger partial charge in [-0.2, -0.15) is 0 Å². The topological polar surface area (TPSA) is 38.0 Å². The fraction of sp³-hybridized carbons (Fsp3) is 0.0400. The predicted octanol–water partition coefficient (Wildman–Crippen LogP) is 12.4. The number of para-hydroxylation sites is 2. The van der Waals surface area contributed by atoms with E-state index in [0.29, 0.717) is 6.54 Å². The van der Waals surface area contributed by atoms with Crippen molar-refractivity contribution in [2.45, 2.75) is 12.0 Å². The zero-order valence-corrected chi connectivity index (χ0v) is 28.5. The SMILES string of the molecule is Nc1ccccc1NCc1cccc(-c2ccc3cc4c(cc3c2)C2(c3ccccc3-c3ccccc32)c2c-4c3ccccc3c3ccccc23)c1. The minimum Gasteiger partial charge on any atom is -0.397 e. The molecular weight excluding hydrogens is 629 g/mol. The summed E-state index contributed by atoms with van der Waals surface area (Å²) in [6.07, 6.45) is 0. The van der Waals surface area contributed by atoms with Gasteiger partial charge in [0.1, 0.15) is 0 Å².